The molecule has 5 rings (SSSR count). The molecule has 1 amide bonds. The third-order valence-electron chi connectivity index (χ3n) is 7.13. The third-order valence-corrected chi connectivity index (χ3v) is 7.13. The first kappa shape index (κ1) is 26.9. The second-order valence-electron chi connectivity index (χ2n) is 10.2. The number of nitrogens with two attached hydrogens (primary N) is 1. The lowest BCUT2D eigenvalue weighted by atomic mass is 9.81. The molecule has 1 aromatic heterocycles. The molecule has 1 fully saturated rings. The predicted molar refractivity (Wildman–Crippen MR) is 142 cm³/mol. The van der Waals surface area contributed by atoms with Crippen LogP contribution in [0.25, 0.3) is 5.69 Å². The van der Waals surface area contributed by atoms with Crippen molar-refractivity contribution in [3.63, 3.8) is 0 Å². The largest absolute Gasteiger partial charge is 0.435 e. The van der Waals surface area contributed by atoms with Gasteiger partial charge < -0.3 is 15.8 Å². The van der Waals surface area contributed by atoms with Gasteiger partial charge in [-0.05, 0) is 54.0 Å². The zero-order valence-electron chi connectivity index (χ0n) is 21.6. The summed E-state index contributed by atoms with van der Waals surface area (Å²) in [6, 6.07) is 17.3. The number of alkyl halides is 3. The standard InChI is InChI=1S/C30H31F3N4O2/c1-19-10-13-23(15-25(19)28(39-18-20-11-12-20)22-7-3-2-4-8-22)35-29(38)26-16-27(30(31,32)33)36-37(26)24-9-5-6-21(14-24)17-34/h2-10,13-16,19-20,25,28H,11-12,17-18,34H2,1H3,(H,35,38). The first-order chi connectivity index (χ1) is 18.7. The second-order valence-corrected chi connectivity index (χ2v) is 10.2. The Kier molecular flexibility index (Phi) is 7.72. The molecule has 1 saturated carbocycles. The fourth-order valence-electron chi connectivity index (χ4n) is 4.73. The van der Waals surface area contributed by atoms with Crippen LogP contribution in [-0.2, 0) is 17.5 Å². The van der Waals surface area contributed by atoms with Crippen LogP contribution < -0.4 is 11.1 Å². The van der Waals surface area contributed by atoms with E-state index >= 15 is 0 Å². The van der Waals surface area contributed by atoms with Crippen molar-refractivity contribution in [2.24, 2.45) is 23.5 Å². The fraction of sp³-hybridized carbons (Fsp3) is 0.333. The van der Waals surface area contributed by atoms with Crippen molar-refractivity contribution in [1.29, 1.82) is 0 Å². The highest BCUT2D eigenvalue weighted by Crippen LogP contribution is 2.39. The Labute approximate surface area is 225 Å². The van der Waals surface area contributed by atoms with Gasteiger partial charge in [0.05, 0.1) is 18.4 Å². The van der Waals surface area contributed by atoms with Gasteiger partial charge in [-0.25, -0.2) is 4.68 Å². The molecule has 3 atom stereocenters. The number of hydrogen-bond acceptors (Lipinski definition) is 4. The molecular weight excluding hydrogens is 505 g/mol. The van der Waals surface area contributed by atoms with E-state index in [0.29, 0.717) is 29.5 Å². The number of benzene rings is 2. The van der Waals surface area contributed by atoms with Crippen LogP contribution in [0.2, 0.25) is 0 Å². The molecule has 0 aliphatic heterocycles. The summed E-state index contributed by atoms with van der Waals surface area (Å²) in [5, 5.41) is 6.52. The molecule has 3 N–H and O–H groups in total. The molecular formula is C30H31F3N4O2. The number of hydrogen-bond donors (Lipinski definition) is 2. The number of allylic oxidation sites excluding steroid dienone is 2. The molecule has 0 bridgehead atoms. The average molecular weight is 537 g/mol. The normalized spacial score (nSPS) is 20.0. The summed E-state index contributed by atoms with van der Waals surface area (Å²) < 4.78 is 48.1. The van der Waals surface area contributed by atoms with Gasteiger partial charge in [0.1, 0.15) is 5.69 Å². The Bertz CT molecular complexity index is 1380. The van der Waals surface area contributed by atoms with E-state index in [1.165, 1.54) is 12.8 Å². The molecule has 9 heteroatoms. The zero-order chi connectivity index (χ0) is 27.6. The van der Waals surface area contributed by atoms with Crippen molar-refractivity contribution in [2.45, 2.75) is 38.6 Å². The smallest absolute Gasteiger partial charge is 0.373 e. The molecule has 2 aliphatic rings. The monoisotopic (exact) mass is 536 g/mol. The summed E-state index contributed by atoms with van der Waals surface area (Å²) in [6.07, 6.45) is 3.11. The number of carbonyl (C=O) groups is 1. The van der Waals surface area contributed by atoms with Crippen LogP contribution in [0.5, 0.6) is 0 Å². The number of nitrogens with zero attached hydrogens (tertiary/aromatic N) is 2. The Morgan fingerprint density at radius 1 is 1.15 bits per heavy atom. The molecule has 3 aromatic rings. The molecule has 204 valence electrons. The molecule has 2 aliphatic carbocycles. The minimum Gasteiger partial charge on any atom is -0.373 e. The molecule has 3 unspecified atom stereocenters. The summed E-state index contributed by atoms with van der Waals surface area (Å²) in [4.78, 5) is 13.4. The molecule has 0 spiro atoms. The number of nitrogens with one attached hydrogen (secondary N) is 1. The van der Waals surface area contributed by atoms with E-state index in [1.807, 2.05) is 42.5 Å². The summed E-state index contributed by atoms with van der Waals surface area (Å²) in [7, 11) is 0. The van der Waals surface area contributed by atoms with E-state index in [9.17, 15) is 18.0 Å². The maximum absolute atomic E-state index is 13.6. The van der Waals surface area contributed by atoms with Gasteiger partial charge in [-0.3, -0.25) is 4.79 Å². The van der Waals surface area contributed by atoms with E-state index in [0.717, 1.165) is 16.3 Å². The Morgan fingerprint density at radius 2 is 1.92 bits per heavy atom. The van der Waals surface area contributed by atoms with Gasteiger partial charge in [-0.15, -0.1) is 0 Å². The maximum Gasteiger partial charge on any atom is 0.435 e. The van der Waals surface area contributed by atoms with Crippen LogP contribution in [0.15, 0.2) is 84.6 Å². The Morgan fingerprint density at radius 3 is 2.62 bits per heavy atom. The fourth-order valence-corrected chi connectivity index (χ4v) is 4.73. The molecule has 0 saturated heterocycles. The van der Waals surface area contributed by atoms with Gasteiger partial charge >= 0.3 is 6.18 Å². The van der Waals surface area contributed by atoms with Gasteiger partial charge in [-0.1, -0.05) is 61.5 Å². The topological polar surface area (TPSA) is 82.2 Å². The molecule has 0 radical (unpaired) electrons. The van der Waals surface area contributed by atoms with Crippen LogP contribution in [0.4, 0.5) is 13.2 Å². The summed E-state index contributed by atoms with van der Waals surface area (Å²) in [6.45, 7) is 2.95. The quantitative estimate of drug-likeness (QED) is 0.354. The second kappa shape index (κ2) is 11.2. The minimum atomic E-state index is -4.71. The number of aromatic nitrogens is 2. The lowest BCUT2D eigenvalue weighted by molar-refractivity contribution is -0.141. The van der Waals surface area contributed by atoms with E-state index in [-0.39, 0.29) is 30.2 Å². The lowest BCUT2D eigenvalue weighted by Crippen LogP contribution is -2.29. The third kappa shape index (κ3) is 6.32. The average Bonchev–Trinajstić information content (AvgIpc) is 3.64. The van der Waals surface area contributed by atoms with Crippen molar-refractivity contribution in [1.82, 2.24) is 15.1 Å². The first-order valence-electron chi connectivity index (χ1n) is 13.1. The van der Waals surface area contributed by atoms with Crippen LogP contribution in [-0.4, -0.2) is 22.3 Å². The summed E-state index contributed by atoms with van der Waals surface area (Å²) in [5.74, 6) is -0.0787. The van der Waals surface area contributed by atoms with Crippen LogP contribution in [0.3, 0.4) is 0 Å². The SMILES string of the molecule is CC1C=CC(NC(=O)c2cc(C(F)(F)F)nn2-c2cccc(CN)c2)=CC1C(OCC1CC1)c1ccccc1. The van der Waals surface area contributed by atoms with E-state index in [4.69, 9.17) is 10.5 Å². The van der Waals surface area contributed by atoms with Crippen LogP contribution in [0.1, 0.15) is 53.2 Å². The van der Waals surface area contributed by atoms with Gasteiger partial charge in [0, 0.05) is 24.2 Å². The molecule has 6 nitrogen and oxygen atoms in total. The molecule has 1 heterocycles. The van der Waals surface area contributed by atoms with Gasteiger partial charge in [0.25, 0.3) is 5.91 Å². The van der Waals surface area contributed by atoms with Crippen molar-refractivity contribution in [3.8, 4) is 5.69 Å². The van der Waals surface area contributed by atoms with Gasteiger partial charge in [0.2, 0.25) is 0 Å². The number of ether oxygens (including phenoxy) is 1. The van der Waals surface area contributed by atoms with E-state index in [1.54, 1.807) is 30.3 Å². The lowest BCUT2D eigenvalue weighted by Gasteiger charge is -2.31. The summed E-state index contributed by atoms with van der Waals surface area (Å²) >= 11 is 0. The van der Waals surface area contributed by atoms with E-state index in [2.05, 4.69) is 17.3 Å². The Hall–Kier alpha value is -3.69. The van der Waals surface area contributed by atoms with Gasteiger partial charge in [0.15, 0.2) is 5.69 Å². The van der Waals surface area contributed by atoms with Crippen molar-refractivity contribution >= 4 is 5.91 Å². The zero-order valence-corrected chi connectivity index (χ0v) is 21.6. The molecule has 39 heavy (non-hydrogen) atoms. The Balaban J connectivity index is 1.44. The highest BCUT2D eigenvalue weighted by atomic mass is 19.4. The number of halogens is 3. The predicted octanol–water partition coefficient (Wildman–Crippen LogP) is 5.95. The van der Waals surface area contributed by atoms with E-state index < -0.39 is 17.8 Å². The molecule has 2 aromatic carbocycles. The van der Waals surface area contributed by atoms with Crippen LogP contribution in [0, 0.1) is 17.8 Å². The van der Waals surface area contributed by atoms with Crippen molar-refractivity contribution in [2.75, 3.05) is 6.61 Å². The number of rotatable bonds is 9. The maximum atomic E-state index is 13.6. The van der Waals surface area contributed by atoms with Crippen LogP contribution >= 0.6 is 0 Å². The van der Waals surface area contributed by atoms with Crippen molar-refractivity contribution in [3.05, 3.63) is 107 Å². The number of amides is 1. The van der Waals surface area contributed by atoms with Gasteiger partial charge in [-0.2, -0.15) is 18.3 Å². The minimum absolute atomic E-state index is 0.0802. The summed E-state index contributed by atoms with van der Waals surface area (Å²) in [5.41, 5.74) is 6.89. The van der Waals surface area contributed by atoms with Crippen molar-refractivity contribution < 1.29 is 22.7 Å². The highest BCUT2D eigenvalue weighted by molar-refractivity contribution is 5.94. The highest BCUT2D eigenvalue weighted by Gasteiger charge is 2.37. The number of carbonyl (C=O) groups excluding carboxylic acids is 1. The first-order valence-corrected chi connectivity index (χ1v) is 13.1.